The number of aliphatic carboxylic acids is 1. The van der Waals surface area contributed by atoms with E-state index in [2.05, 4.69) is 28.7 Å². The molecule has 0 spiro atoms. The number of rotatable bonds is 6. The number of carboxylic acids is 1. The van der Waals surface area contributed by atoms with E-state index in [1.807, 2.05) is 0 Å². The molecule has 3 nitrogen and oxygen atoms in total. The van der Waals surface area contributed by atoms with Gasteiger partial charge >= 0.3 is 5.97 Å². The highest BCUT2D eigenvalue weighted by Crippen LogP contribution is 2.34. The number of carboxylic acid groups (broad SMARTS) is 1. The Morgan fingerprint density at radius 2 is 2.44 bits per heavy atom. The first-order valence-corrected chi connectivity index (χ1v) is 6.62. The van der Waals surface area contributed by atoms with Crippen molar-refractivity contribution in [2.24, 2.45) is 0 Å². The maximum Gasteiger partial charge on any atom is 0.304 e. The van der Waals surface area contributed by atoms with Crippen LogP contribution in [0, 0.1) is 0 Å². The van der Waals surface area contributed by atoms with Crippen LogP contribution in [0.1, 0.15) is 37.8 Å². The van der Waals surface area contributed by atoms with Gasteiger partial charge in [0.2, 0.25) is 0 Å². The average molecular weight is 239 g/mol. The number of hydrogen-bond acceptors (Lipinski definition) is 3. The average Bonchev–Trinajstić information content (AvgIpc) is 2.93. The van der Waals surface area contributed by atoms with Crippen molar-refractivity contribution < 1.29 is 9.90 Å². The Morgan fingerprint density at radius 1 is 1.69 bits per heavy atom. The highest BCUT2D eigenvalue weighted by atomic mass is 32.1. The number of carbonyl (C=O) groups is 1. The minimum Gasteiger partial charge on any atom is -0.481 e. The molecule has 1 aliphatic carbocycles. The molecule has 2 rings (SSSR count). The van der Waals surface area contributed by atoms with Crippen LogP contribution in [0.4, 0.5) is 0 Å². The Labute approximate surface area is 99.7 Å². The van der Waals surface area contributed by atoms with E-state index in [0.717, 1.165) is 0 Å². The Morgan fingerprint density at radius 3 is 2.94 bits per heavy atom. The fraction of sp³-hybridized carbons (Fsp3) is 0.583. The van der Waals surface area contributed by atoms with Crippen molar-refractivity contribution in [3.63, 3.8) is 0 Å². The Kier molecular flexibility index (Phi) is 3.61. The van der Waals surface area contributed by atoms with Crippen LogP contribution >= 0.6 is 11.3 Å². The summed E-state index contributed by atoms with van der Waals surface area (Å²) in [7, 11) is 0. The summed E-state index contributed by atoms with van der Waals surface area (Å²) in [5.41, 5.74) is 1.31. The monoisotopic (exact) mass is 239 g/mol. The van der Waals surface area contributed by atoms with Crippen molar-refractivity contribution in [2.45, 2.75) is 38.3 Å². The standard InChI is InChI=1S/C12H17NO2S/c1-9(10-5-7-16-8-10)13(11-2-3-11)6-4-12(14)15/h5,7-9,11H,2-4,6H2,1H3,(H,14,15). The molecule has 88 valence electrons. The Hall–Kier alpha value is -0.870. The smallest absolute Gasteiger partial charge is 0.304 e. The van der Waals surface area contributed by atoms with Crippen LogP contribution in [-0.2, 0) is 4.79 Å². The normalized spacial score (nSPS) is 17.6. The van der Waals surface area contributed by atoms with Crippen molar-refractivity contribution in [3.05, 3.63) is 22.4 Å². The molecular weight excluding hydrogens is 222 g/mol. The first kappa shape index (κ1) is 11.6. The van der Waals surface area contributed by atoms with Gasteiger partial charge in [-0.1, -0.05) is 0 Å². The SMILES string of the molecule is CC(c1ccsc1)N(CCC(=O)O)C1CC1. The van der Waals surface area contributed by atoms with Crippen molar-refractivity contribution >= 4 is 17.3 Å². The van der Waals surface area contributed by atoms with Gasteiger partial charge in [0.05, 0.1) is 6.42 Å². The zero-order valence-corrected chi connectivity index (χ0v) is 10.2. The summed E-state index contributed by atoms with van der Waals surface area (Å²) < 4.78 is 0. The maximum absolute atomic E-state index is 10.6. The molecule has 1 atom stereocenters. The van der Waals surface area contributed by atoms with Crippen molar-refractivity contribution in [1.82, 2.24) is 4.90 Å². The summed E-state index contributed by atoms with van der Waals surface area (Å²) in [5, 5.41) is 13.0. The summed E-state index contributed by atoms with van der Waals surface area (Å²) in [6.45, 7) is 2.83. The van der Waals surface area contributed by atoms with Crippen LogP contribution in [0.15, 0.2) is 16.8 Å². The molecule has 0 aliphatic heterocycles. The van der Waals surface area contributed by atoms with Crippen LogP contribution in [-0.4, -0.2) is 28.6 Å². The van der Waals surface area contributed by atoms with Crippen LogP contribution < -0.4 is 0 Å². The first-order chi connectivity index (χ1) is 7.68. The predicted octanol–water partition coefficient (Wildman–Crippen LogP) is 2.75. The molecule has 1 aromatic heterocycles. The van der Waals surface area contributed by atoms with E-state index in [4.69, 9.17) is 5.11 Å². The zero-order chi connectivity index (χ0) is 11.5. The van der Waals surface area contributed by atoms with Gasteiger partial charge in [0.25, 0.3) is 0 Å². The van der Waals surface area contributed by atoms with Gasteiger partial charge in [0, 0.05) is 18.6 Å². The topological polar surface area (TPSA) is 40.5 Å². The van der Waals surface area contributed by atoms with Gasteiger partial charge in [-0.2, -0.15) is 11.3 Å². The lowest BCUT2D eigenvalue weighted by Crippen LogP contribution is -2.31. The number of thiophene rings is 1. The second-order valence-corrected chi connectivity index (χ2v) is 5.13. The van der Waals surface area contributed by atoms with Gasteiger partial charge in [0.1, 0.15) is 0 Å². The molecule has 0 aromatic carbocycles. The second-order valence-electron chi connectivity index (χ2n) is 4.35. The van der Waals surface area contributed by atoms with Gasteiger partial charge < -0.3 is 5.11 Å². The third-order valence-electron chi connectivity index (χ3n) is 3.12. The van der Waals surface area contributed by atoms with Crippen LogP contribution in [0.5, 0.6) is 0 Å². The quantitative estimate of drug-likeness (QED) is 0.829. The van der Waals surface area contributed by atoms with E-state index in [9.17, 15) is 4.79 Å². The molecule has 1 aliphatic rings. The molecule has 16 heavy (non-hydrogen) atoms. The van der Waals surface area contributed by atoms with E-state index in [1.165, 1.54) is 18.4 Å². The molecular formula is C12H17NO2S. The largest absolute Gasteiger partial charge is 0.481 e. The number of nitrogens with zero attached hydrogens (tertiary/aromatic N) is 1. The van der Waals surface area contributed by atoms with E-state index in [0.29, 0.717) is 18.6 Å². The highest BCUT2D eigenvalue weighted by molar-refractivity contribution is 7.07. The van der Waals surface area contributed by atoms with E-state index >= 15 is 0 Å². The third kappa shape index (κ3) is 2.83. The highest BCUT2D eigenvalue weighted by Gasteiger charge is 2.32. The minimum absolute atomic E-state index is 0.241. The zero-order valence-electron chi connectivity index (χ0n) is 9.43. The molecule has 1 unspecified atom stereocenters. The number of hydrogen-bond donors (Lipinski definition) is 1. The third-order valence-corrected chi connectivity index (χ3v) is 3.82. The summed E-state index contributed by atoms with van der Waals surface area (Å²) in [4.78, 5) is 13.0. The van der Waals surface area contributed by atoms with E-state index < -0.39 is 5.97 Å². The summed E-state index contributed by atoms with van der Waals surface area (Å²) >= 11 is 1.70. The summed E-state index contributed by atoms with van der Waals surface area (Å²) in [6, 6.07) is 3.08. The molecule has 4 heteroatoms. The van der Waals surface area contributed by atoms with E-state index in [-0.39, 0.29) is 6.42 Å². The summed E-state index contributed by atoms with van der Waals surface area (Å²) in [6.07, 6.45) is 2.67. The van der Waals surface area contributed by atoms with Gasteiger partial charge in [-0.05, 0) is 42.2 Å². The predicted molar refractivity (Wildman–Crippen MR) is 64.7 cm³/mol. The van der Waals surface area contributed by atoms with Gasteiger partial charge in [-0.3, -0.25) is 9.69 Å². The van der Waals surface area contributed by atoms with Crippen LogP contribution in [0.25, 0.3) is 0 Å². The van der Waals surface area contributed by atoms with Gasteiger partial charge in [-0.25, -0.2) is 0 Å². The fourth-order valence-electron chi connectivity index (χ4n) is 2.03. The maximum atomic E-state index is 10.6. The van der Waals surface area contributed by atoms with Crippen molar-refractivity contribution in [2.75, 3.05) is 6.54 Å². The molecule has 1 heterocycles. The molecule has 0 amide bonds. The Bertz CT molecular complexity index is 346. The van der Waals surface area contributed by atoms with Gasteiger partial charge in [0.15, 0.2) is 0 Å². The lowest BCUT2D eigenvalue weighted by Gasteiger charge is -2.28. The molecule has 1 saturated carbocycles. The van der Waals surface area contributed by atoms with Crippen molar-refractivity contribution in [1.29, 1.82) is 0 Å². The lowest BCUT2D eigenvalue weighted by molar-refractivity contribution is -0.137. The first-order valence-electron chi connectivity index (χ1n) is 5.68. The fourth-order valence-corrected chi connectivity index (χ4v) is 2.77. The molecule has 1 fully saturated rings. The molecule has 1 aromatic rings. The molecule has 0 saturated heterocycles. The van der Waals surface area contributed by atoms with Crippen LogP contribution in [0.2, 0.25) is 0 Å². The minimum atomic E-state index is -0.705. The lowest BCUT2D eigenvalue weighted by atomic mass is 10.1. The summed E-state index contributed by atoms with van der Waals surface area (Å²) in [5.74, 6) is -0.705. The van der Waals surface area contributed by atoms with E-state index in [1.54, 1.807) is 11.3 Å². The Balaban J connectivity index is 1.98. The van der Waals surface area contributed by atoms with Crippen LogP contribution in [0.3, 0.4) is 0 Å². The van der Waals surface area contributed by atoms with Crippen molar-refractivity contribution in [3.8, 4) is 0 Å². The second kappa shape index (κ2) is 4.97. The van der Waals surface area contributed by atoms with Gasteiger partial charge in [-0.15, -0.1) is 0 Å². The molecule has 1 N–H and O–H groups in total. The molecule has 0 bridgehead atoms. The molecule has 0 radical (unpaired) electrons.